The van der Waals surface area contributed by atoms with Crippen molar-refractivity contribution in [1.29, 1.82) is 0 Å². The first-order valence-electron chi connectivity index (χ1n) is 7.43. The van der Waals surface area contributed by atoms with Gasteiger partial charge < -0.3 is 10.1 Å². The van der Waals surface area contributed by atoms with E-state index in [0.29, 0.717) is 6.61 Å². The first kappa shape index (κ1) is 14.3. The molecule has 0 unspecified atom stereocenters. The fourth-order valence-corrected chi connectivity index (χ4v) is 2.40. The van der Waals surface area contributed by atoms with Gasteiger partial charge in [0.2, 0.25) is 0 Å². The molecule has 1 aromatic carbocycles. The Bertz CT molecular complexity index is 680. The SMILES string of the molecule is O=C(Nc1cccc(OCc2ccncc2)c1)C1=CCCC1. The van der Waals surface area contributed by atoms with E-state index >= 15 is 0 Å². The molecule has 0 aliphatic heterocycles. The molecule has 0 bridgehead atoms. The lowest BCUT2D eigenvalue weighted by Gasteiger charge is -2.09. The number of hydrogen-bond acceptors (Lipinski definition) is 3. The second kappa shape index (κ2) is 6.89. The molecule has 1 aromatic heterocycles. The molecule has 4 heteroatoms. The Morgan fingerprint density at radius 2 is 2.09 bits per heavy atom. The average molecular weight is 294 g/mol. The number of allylic oxidation sites excluding steroid dienone is 1. The van der Waals surface area contributed by atoms with Crippen LogP contribution < -0.4 is 10.1 Å². The monoisotopic (exact) mass is 294 g/mol. The highest BCUT2D eigenvalue weighted by molar-refractivity contribution is 6.04. The molecule has 1 N–H and O–H groups in total. The number of pyridine rings is 1. The maximum atomic E-state index is 12.1. The Morgan fingerprint density at radius 1 is 1.23 bits per heavy atom. The van der Waals surface area contributed by atoms with Gasteiger partial charge in [-0.05, 0) is 49.1 Å². The highest BCUT2D eigenvalue weighted by Gasteiger charge is 2.13. The summed E-state index contributed by atoms with van der Waals surface area (Å²) in [4.78, 5) is 16.1. The van der Waals surface area contributed by atoms with Gasteiger partial charge in [-0.15, -0.1) is 0 Å². The zero-order valence-corrected chi connectivity index (χ0v) is 12.3. The zero-order chi connectivity index (χ0) is 15.2. The highest BCUT2D eigenvalue weighted by atomic mass is 16.5. The molecule has 2 aromatic rings. The van der Waals surface area contributed by atoms with Crippen LogP contribution in [0.2, 0.25) is 0 Å². The summed E-state index contributed by atoms with van der Waals surface area (Å²) in [5.74, 6) is 0.721. The van der Waals surface area contributed by atoms with Crippen molar-refractivity contribution < 1.29 is 9.53 Å². The average Bonchev–Trinajstić information content (AvgIpc) is 3.09. The Hall–Kier alpha value is -2.62. The van der Waals surface area contributed by atoms with E-state index in [-0.39, 0.29) is 5.91 Å². The molecule has 1 heterocycles. The number of benzene rings is 1. The van der Waals surface area contributed by atoms with E-state index in [1.807, 2.05) is 42.5 Å². The predicted molar refractivity (Wildman–Crippen MR) is 85.6 cm³/mol. The summed E-state index contributed by atoms with van der Waals surface area (Å²) in [5.41, 5.74) is 2.69. The number of carbonyl (C=O) groups is 1. The molecule has 1 aliphatic carbocycles. The normalized spacial score (nSPS) is 13.5. The predicted octanol–water partition coefficient (Wildman–Crippen LogP) is 3.71. The van der Waals surface area contributed by atoms with Crippen molar-refractivity contribution in [2.24, 2.45) is 0 Å². The van der Waals surface area contributed by atoms with Crippen LogP contribution in [-0.2, 0) is 11.4 Å². The second-order valence-electron chi connectivity index (χ2n) is 5.25. The van der Waals surface area contributed by atoms with Gasteiger partial charge in [0, 0.05) is 29.7 Å². The van der Waals surface area contributed by atoms with Crippen LogP contribution in [0.15, 0.2) is 60.4 Å². The lowest BCUT2D eigenvalue weighted by Crippen LogP contribution is -2.13. The molecular formula is C18H18N2O2. The van der Waals surface area contributed by atoms with E-state index in [9.17, 15) is 4.79 Å². The summed E-state index contributed by atoms with van der Waals surface area (Å²) in [5, 5.41) is 2.93. The number of ether oxygens (including phenoxy) is 1. The summed E-state index contributed by atoms with van der Waals surface area (Å²) in [6, 6.07) is 11.3. The quantitative estimate of drug-likeness (QED) is 0.914. The maximum absolute atomic E-state index is 12.1. The minimum absolute atomic E-state index is 0.0104. The van der Waals surface area contributed by atoms with Crippen LogP contribution in [0, 0.1) is 0 Å². The van der Waals surface area contributed by atoms with E-state index in [1.165, 1.54) is 0 Å². The van der Waals surface area contributed by atoms with E-state index in [0.717, 1.165) is 41.8 Å². The van der Waals surface area contributed by atoms with Crippen molar-refractivity contribution in [2.45, 2.75) is 25.9 Å². The molecule has 112 valence electrons. The van der Waals surface area contributed by atoms with E-state index in [1.54, 1.807) is 12.4 Å². The first-order chi connectivity index (χ1) is 10.8. The third-order valence-corrected chi connectivity index (χ3v) is 3.58. The van der Waals surface area contributed by atoms with E-state index < -0.39 is 0 Å². The fourth-order valence-electron chi connectivity index (χ4n) is 2.40. The van der Waals surface area contributed by atoms with Crippen LogP contribution in [0.1, 0.15) is 24.8 Å². The number of amides is 1. The Labute approximate surface area is 129 Å². The topological polar surface area (TPSA) is 51.2 Å². The molecule has 1 aliphatic rings. The minimum Gasteiger partial charge on any atom is -0.489 e. The van der Waals surface area contributed by atoms with Crippen LogP contribution in [0.25, 0.3) is 0 Å². The summed E-state index contributed by atoms with van der Waals surface area (Å²) >= 11 is 0. The molecule has 1 amide bonds. The van der Waals surface area contributed by atoms with Gasteiger partial charge in [0.1, 0.15) is 12.4 Å². The second-order valence-corrected chi connectivity index (χ2v) is 5.25. The minimum atomic E-state index is -0.0104. The maximum Gasteiger partial charge on any atom is 0.251 e. The third kappa shape index (κ3) is 3.73. The van der Waals surface area contributed by atoms with Gasteiger partial charge in [-0.25, -0.2) is 0 Å². The molecule has 0 radical (unpaired) electrons. The van der Waals surface area contributed by atoms with Crippen molar-refractivity contribution in [3.8, 4) is 5.75 Å². The van der Waals surface area contributed by atoms with Crippen molar-refractivity contribution in [3.63, 3.8) is 0 Å². The van der Waals surface area contributed by atoms with Gasteiger partial charge in [0.15, 0.2) is 0 Å². The van der Waals surface area contributed by atoms with Crippen molar-refractivity contribution >= 4 is 11.6 Å². The molecule has 22 heavy (non-hydrogen) atoms. The van der Waals surface area contributed by atoms with Crippen molar-refractivity contribution in [3.05, 3.63) is 66.0 Å². The number of hydrogen-bond donors (Lipinski definition) is 1. The molecule has 4 nitrogen and oxygen atoms in total. The van der Waals surface area contributed by atoms with Crippen LogP contribution in [0.3, 0.4) is 0 Å². The van der Waals surface area contributed by atoms with Crippen LogP contribution in [0.5, 0.6) is 5.75 Å². The third-order valence-electron chi connectivity index (χ3n) is 3.58. The molecule has 0 saturated carbocycles. The zero-order valence-electron chi connectivity index (χ0n) is 12.3. The Balaban J connectivity index is 1.61. The Kier molecular flexibility index (Phi) is 4.49. The van der Waals surface area contributed by atoms with Gasteiger partial charge in [0.05, 0.1) is 0 Å². The number of rotatable bonds is 5. The lowest BCUT2D eigenvalue weighted by atomic mass is 10.2. The number of nitrogens with one attached hydrogen (secondary N) is 1. The fraction of sp³-hybridized carbons (Fsp3) is 0.222. The van der Waals surface area contributed by atoms with Crippen LogP contribution in [0.4, 0.5) is 5.69 Å². The van der Waals surface area contributed by atoms with E-state index in [4.69, 9.17) is 4.74 Å². The van der Waals surface area contributed by atoms with Gasteiger partial charge in [-0.2, -0.15) is 0 Å². The van der Waals surface area contributed by atoms with Gasteiger partial charge >= 0.3 is 0 Å². The standard InChI is InChI=1S/C18H18N2O2/c21-18(15-4-1-2-5-15)20-16-6-3-7-17(12-16)22-13-14-8-10-19-11-9-14/h3-4,6-12H,1-2,5,13H2,(H,20,21). The van der Waals surface area contributed by atoms with Crippen molar-refractivity contribution in [1.82, 2.24) is 4.98 Å². The molecule has 0 saturated heterocycles. The molecule has 0 atom stereocenters. The number of anilines is 1. The van der Waals surface area contributed by atoms with Crippen molar-refractivity contribution in [2.75, 3.05) is 5.32 Å². The van der Waals surface area contributed by atoms with Crippen LogP contribution >= 0.6 is 0 Å². The largest absolute Gasteiger partial charge is 0.489 e. The summed E-state index contributed by atoms with van der Waals surface area (Å²) < 4.78 is 5.75. The number of carbonyl (C=O) groups excluding carboxylic acids is 1. The molecule has 0 fully saturated rings. The smallest absolute Gasteiger partial charge is 0.251 e. The lowest BCUT2D eigenvalue weighted by molar-refractivity contribution is -0.112. The van der Waals surface area contributed by atoms with Gasteiger partial charge in [-0.3, -0.25) is 9.78 Å². The summed E-state index contributed by atoms with van der Waals surface area (Å²) in [6.07, 6.45) is 8.42. The molecular weight excluding hydrogens is 276 g/mol. The highest BCUT2D eigenvalue weighted by Crippen LogP contribution is 2.22. The van der Waals surface area contributed by atoms with E-state index in [2.05, 4.69) is 10.3 Å². The molecule has 3 rings (SSSR count). The summed E-state index contributed by atoms with van der Waals surface area (Å²) in [6.45, 7) is 0.477. The van der Waals surface area contributed by atoms with Gasteiger partial charge in [-0.1, -0.05) is 12.1 Å². The molecule has 0 spiro atoms. The van der Waals surface area contributed by atoms with Gasteiger partial charge in [0.25, 0.3) is 5.91 Å². The number of aromatic nitrogens is 1. The number of nitrogens with zero attached hydrogens (tertiary/aromatic N) is 1. The summed E-state index contributed by atoms with van der Waals surface area (Å²) in [7, 11) is 0. The first-order valence-corrected chi connectivity index (χ1v) is 7.43. The van der Waals surface area contributed by atoms with Crippen LogP contribution in [-0.4, -0.2) is 10.9 Å². The Morgan fingerprint density at radius 3 is 2.86 bits per heavy atom.